The van der Waals surface area contributed by atoms with Crippen molar-refractivity contribution in [1.82, 2.24) is 31.9 Å². The van der Waals surface area contributed by atoms with E-state index in [1.54, 1.807) is 0 Å². The standard InChI is InChI=1S/C48H56N6O6S2/c1-47(2)39(53-45(61-47)37(35(55)27-31-17-9-5-10-18-31)41(57)51-29-33-21-13-7-14-22-33)43(59)49-25-26-50-44(60)40-48(3,4)62-46(54-40)38(36(56)28-32-19-11-6-12-20-32)42(58)52-30-34-23-15-8-16-24-34/h5-24,37-40,45-46,53-54H,25-30H2,1-4H3,(H,49,59)(H,50,60)(H,51,57)(H,52,58)/t37-,38-,39+,40+,45-,46-/m1/s1. The van der Waals surface area contributed by atoms with Crippen LogP contribution in [0.4, 0.5) is 0 Å². The average molecular weight is 877 g/mol. The van der Waals surface area contributed by atoms with Crippen LogP contribution >= 0.6 is 23.5 Å². The second-order valence-electron chi connectivity index (χ2n) is 16.7. The highest BCUT2D eigenvalue weighted by Crippen LogP contribution is 2.42. The monoisotopic (exact) mass is 876 g/mol. The number of hydrogen-bond donors (Lipinski definition) is 6. The zero-order valence-electron chi connectivity index (χ0n) is 35.5. The van der Waals surface area contributed by atoms with Gasteiger partial charge in [0, 0.05) is 48.5 Å². The molecule has 2 heterocycles. The largest absolute Gasteiger partial charge is 0.353 e. The van der Waals surface area contributed by atoms with E-state index in [0.29, 0.717) is 0 Å². The molecule has 14 heteroatoms. The number of amides is 4. The van der Waals surface area contributed by atoms with E-state index in [2.05, 4.69) is 31.9 Å². The Morgan fingerprint density at radius 2 is 0.790 bits per heavy atom. The number of carbonyl (C=O) groups is 6. The van der Waals surface area contributed by atoms with Crippen molar-refractivity contribution in [3.05, 3.63) is 144 Å². The zero-order chi connectivity index (χ0) is 44.3. The summed E-state index contributed by atoms with van der Waals surface area (Å²) >= 11 is 2.77. The smallest absolute Gasteiger partial charge is 0.238 e. The Morgan fingerprint density at radius 1 is 0.484 bits per heavy atom. The molecule has 2 fully saturated rings. The molecular formula is C48H56N6O6S2. The van der Waals surface area contributed by atoms with Gasteiger partial charge in [-0.2, -0.15) is 0 Å². The Hall–Kier alpha value is -5.28. The fourth-order valence-electron chi connectivity index (χ4n) is 7.78. The number of ketones is 2. The lowest BCUT2D eigenvalue weighted by atomic mass is 9.95. The molecule has 0 aromatic heterocycles. The van der Waals surface area contributed by atoms with Gasteiger partial charge in [0.15, 0.2) is 11.6 Å². The van der Waals surface area contributed by atoms with Gasteiger partial charge in [0.2, 0.25) is 23.6 Å². The Morgan fingerprint density at radius 3 is 1.11 bits per heavy atom. The van der Waals surface area contributed by atoms with E-state index >= 15 is 0 Å². The summed E-state index contributed by atoms with van der Waals surface area (Å²) in [7, 11) is 0. The second-order valence-corrected chi connectivity index (χ2v) is 20.3. The van der Waals surface area contributed by atoms with E-state index in [4.69, 9.17) is 0 Å². The van der Waals surface area contributed by atoms with Crippen molar-refractivity contribution >= 4 is 58.7 Å². The van der Waals surface area contributed by atoms with E-state index in [0.717, 1.165) is 22.3 Å². The lowest BCUT2D eigenvalue weighted by Crippen LogP contribution is -2.55. The van der Waals surface area contributed by atoms with Crippen LogP contribution in [0, 0.1) is 11.8 Å². The minimum Gasteiger partial charge on any atom is -0.353 e. The first-order valence-corrected chi connectivity index (χ1v) is 22.7. The fraction of sp³-hybridized carbons (Fsp3) is 0.375. The molecule has 4 aromatic carbocycles. The number of carbonyl (C=O) groups excluding carboxylic acids is 6. The maximum Gasteiger partial charge on any atom is 0.238 e. The van der Waals surface area contributed by atoms with Crippen LogP contribution in [0.25, 0.3) is 0 Å². The molecule has 0 bridgehead atoms. The van der Waals surface area contributed by atoms with Gasteiger partial charge in [-0.15, -0.1) is 23.5 Å². The summed E-state index contributed by atoms with van der Waals surface area (Å²) in [5.41, 5.74) is 3.39. The highest BCUT2D eigenvalue weighted by molar-refractivity contribution is 8.01. The van der Waals surface area contributed by atoms with Gasteiger partial charge >= 0.3 is 0 Å². The molecule has 0 aliphatic carbocycles. The van der Waals surface area contributed by atoms with Crippen LogP contribution in [-0.4, -0.2) is 80.6 Å². The van der Waals surface area contributed by atoms with Gasteiger partial charge in [0.25, 0.3) is 0 Å². The molecule has 6 rings (SSSR count). The molecule has 0 spiro atoms. The Balaban J connectivity index is 1.05. The van der Waals surface area contributed by atoms with Gasteiger partial charge in [0.05, 0.1) is 10.7 Å². The summed E-state index contributed by atoms with van der Waals surface area (Å²) in [4.78, 5) is 82.7. The molecule has 6 N–H and O–H groups in total. The maximum absolute atomic E-state index is 13.9. The lowest BCUT2D eigenvalue weighted by Gasteiger charge is -2.25. The van der Waals surface area contributed by atoms with Gasteiger partial charge in [-0.05, 0) is 49.9 Å². The molecule has 2 aliphatic rings. The van der Waals surface area contributed by atoms with E-state index in [-0.39, 0.29) is 62.4 Å². The predicted molar refractivity (Wildman–Crippen MR) is 245 cm³/mol. The lowest BCUT2D eigenvalue weighted by molar-refractivity contribution is -0.136. The first kappa shape index (κ1) is 46.2. The first-order chi connectivity index (χ1) is 29.7. The first-order valence-electron chi connectivity index (χ1n) is 20.9. The van der Waals surface area contributed by atoms with E-state index in [1.165, 1.54) is 23.5 Å². The van der Waals surface area contributed by atoms with E-state index in [9.17, 15) is 28.8 Å². The maximum atomic E-state index is 13.9. The van der Waals surface area contributed by atoms with Crippen molar-refractivity contribution in [1.29, 1.82) is 0 Å². The minimum atomic E-state index is -1.06. The van der Waals surface area contributed by atoms with Crippen molar-refractivity contribution in [3.63, 3.8) is 0 Å². The summed E-state index contributed by atoms with van der Waals surface area (Å²) < 4.78 is -1.37. The summed E-state index contributed by atoms with van der Waals surface area (Å²) in [6, 6.07) is 36.0. The second kappa shape index (κ2) is 21.2. The third-order valence-electron chi connectivity index (χ3n) is 11.1. The molecule has 0 unspecified atom stereocenters. The summed E-state index contributed by atoms with van der Waals surface area (Å²) in [5, 5.41) is 17.0. The van der Waals surface area contributed by atoms with Crippen LogP contribution in [0.15, 0.2) is 121 Å². The number of Topliss-reactive ketones (excluding diaryl/α,β-unsaturated/α-hetero) is 2. The molecule has 4 amide bonds. The van der Waals surface area contributed by atoms with Crippen LogP contribution in [0.2, 0.25) is 0 Å². The van der Waals surface area contributed by atoms with Gasteiger partial charge < -0.3 is 21.3 Å². The molecule has 0 saturated carbocycles. The third-order valence-corrected chi connectivity index (χ3v) is 14.1. The topological polar surface area (TPSA) is 175 Å². The number of thioether (sulfide) groups is 2. The molecule has 326 valence electrons. The Labute approximate surface area is 372 Å². The Kier molecular flexibility index (Phi) is 15.8. The third kappa shape index (κ3) is 12.2. The summed E-state index contributed by atoms with van der Waals surface area (Å²) in [5.74, 6) is -4.11. The van der Waals surface area contributed by atoms with Crippen LogP contribution < -0.4 is 31.9 Å². The average Bonchev–Trinajstić information content (AvgIpc) is 3.75. The van der Waals surface area contributed by atoms with Crippen molar-refractivity contribution in [3.8, 4) is 0 Å². The highest BCUT2D eigenvalue weighted by atomic mass is 32.2. The van der Waals surface area contributed by atoms with Gasteiger partial charge in [0.1, 0.15) is 23.9 Å². The Bertz CT molecular complexity index is 2020. The number of benzene rings is 4. The van der Waals surface area contributed by atoms with Crippen LogP contribution in [-0.2, 0) is 54.7 Å². The number of nitrogens with one attached hydrogen (secondary N) is 6. The quantitative estimate of drug-likeness (QED) is 0.0589. The molecule has 2 saturated heterocycles. The highest BCUT2D eigenvalue weighted by Gasteiger charge is 2.52. The molecule has 2 aliphatic heterocycles. The zero-order valence-corrected chi connectivity index (χ0v) is 37.2. The van der Waals surface area contributed by atoms with Crippen molar-refractivity contribution in [2.24, 2.45) is 11.8 Å². The number of hydrogen-bond acceptors (Lipinski definition) is 10. The molecule has 62 heavy (non-hydrogen) atoms. The van der Waals surface area contributed by atoms with Crippen molar-refractivity contribution in [2.75, 3.05) is 13.1 Å². The molecule has 4 aromatic rings. The normalized spacial score (nSPS) is 20.9. The van der Waals surface area contributed by atoms with E-state index < -0.39 is 56.0 Å². The molecule has 6 atom stereocenters. The van der Waals surface area contributed by atoms with Gasteiger partial charge in [-0.3, -0.25) is 39.4 Å². The van der Waals surface area contributed by atoms with Crippen LogP contribution in [0.5, 0.6) is 0 Å². The van der Waals surface area contributed by atoms with Crippen molar-refractivity contribution < 1.29 is 28.8 Å². The summed E-state index contributed by atoms with van der Waals surface area (Å²) in [6.07, 6.45) is 0.135. The van der Waals surface area contributed by atoms with Gasteiger partial charge in [-0.25, -0.2) is 0 Å². The fourth-order valence-corrected chi connectivity index (χ4v) is 10.9. The molecule has 0 radical (unpaired) electrons. The predicted octanol–water partition coefficient (Wildman–Crippen LogP) is 4.33. The van der Waals surface area contributed by atoms with Crippen LogP contribution in [0.1, 0.15) is 49.9 Å². The number of rotatable bonds is 19. The molecule has 12 nitrogen and oxygen atoms in total. The van der Waals surface area contributed by atoms with Crippen molar-refractivity contribution in [2.45, 2.75) is 86.0 Å². The minimum absolute atomic E-state index is 0.0675. The SMILES string of the molecule is CC1(C)S[C@H]([C@H](C(=O)Cc2ccccc2)C(=O)NCc2ccccc2)N[C@H]1C(=O)NCCNC(=O)[C@@H]1N[C@@H]([C@H](C(=O)Cc2ccccc2)C(=O)NCc2ccccc2)SC1(C)C. The van der Waals surface area contributed by atoms with Crippen LogP contribution in [0.3, 0.4) is 0 Å². The summed E-state index contributed by atoms with van der Waals surface area (Å²) in [6.45, 7) is 8.36. The van der Waals surface area contributed by atoms with E-state index in [1.807, 2.05) is 149 Å². The molecular weight excluding hydrogens is 821 g/mol. The van der Waals surface area contributed by atoms with Gasteiger partial charge in [-0.1, -0.05) is 121 Å².